The molecular weight excluding hydrogens is 1400 g/mol. The average molecular weight is 1510 g/mol. The van der Waals surface area contributed by atoms with Gasteiger partial charge in [0.2, 0.25) is 82.7 Å². The average Bonchev–Trinajstić information content (AvgIpc) is 1.15. The maximum atomic E-state index is 14.8. The Morgan fingerprint density at radius 3 is 1.53 bits per heavy atom. The summed E-state index contributed by atoms with van der Waals surface area (Å²) in [4.78, 5) is 217. The van der Waals surface area contributed by atoms with Crippen molar-refractivity contribution in [3.05, 3.63) is 36.0 Å². The quantitative estimate of drug-likeness (QED) is 0.0166. The number of H-pyrrole nitrogens is 1. The SMILES string of the molecule is CC[C@H](C)[C@H](NC(=O)[C@@H](NC(=O)C(C)NC(=O)[C@H](Cc1c[nH]c2ccccc12)NC(=O)[C@H](CCCN=C(N)N)NC(=O)[C@@H](NC(=O)[C@H](CC(N)=O)NC(=O)[C@H](CCCCN)NC(=O)[C@H](CCCN=C(N)N)NC(=O)[C@@H]1CCCN1C(=O)[C@H](C)N)C(C)C)[C@@H](C)O)C(=O)NC(C)C(=O)N[C@@H](CCC(N)=O)C(=O)O. The fraction of sp³-hybridized carbons (Fsp3) is 0.627. The van der Waals surface area contributed by atoms with E-state index < -0.39 is 192 Å². The number of aliphatic carboxylic acids is 1. The number of likely N-dealkylation sites (tertiary alicyclic amines) is 1. The van der Waals surface area contributed by atoms with Crippen LogP contribution in [0.2, 0.25) is 0 Å². The number of aliphatic hydroxyl groups excluding tert-OH is 1. The maximum absolute atomic E-state index is 14.8. The number of nitrogens with one attached hydrogen (secondary N) is 12. The van der Waals surface area contributed by atoms with Crippen molar-refractivity contribution in [1.82, 2.24) is 68.4 Å². The van der Waals surface area contributed by atoms with Crippen molar-refractivity contribution >= 4 is 111 Å². The largest absolute Gasteiger partial charge is 0.480 e. The van der Waals surface area contributed by atoms with Gasteiger partial charge in [-0.25, -0.2) is 4.79 Å². The van der Waals surface area contributed by atoms with Crippen LogP contribution in [-0.2, 0) is 78.3 Å². The van der Waals surface area contributed by atoms with Crippen molar-refractivity contribution in [3.8, 4) is 0 Å². The molecule has 0 radical (unpaired) electrons. The van der Waals surface area contributed by atoms with Crippen molar-refractivity contribution in [2.75, 3.05) is 26.2 Å². The minimum atomic E-state index is -1.80. The van der Waals surface area contributed by atoms with E-state index in [0.29, 0.717) is 29.3 Å². The number of aliphatic hydroxyl groups is 1. The number of carboxylic acid groups (broad SMARTS) is 1. The van der Waals surface area contributed by atoms with Gasteiger partial charge in [0.05, 0.1) is 18.6 Å². The maximum Gasteiger partial charge on any atom is 0.326 e. The van der Waals surface area contributed by atoms with Crippen molar-refractivity contribution in [2.24, 2.45) is 67.7 Å². The number of primary amides is 2. The van der Waals surface area contributed by atoms with Crippen LogP contribution < -0.4 is 104 Å². The van der Waals surface area contributed by atoms with Gasteiger partial charge >= 0.3 is 5.97 Å². The van der Waals surface area contributed by atoms with Crippen LogP contribution in [0.15, 0.2) is 40.4 Å². The lowest BCUT2D eigenvalue weighted by Crippen LogP contribution is -2.62. The Balaban J connectivity index is 1.96. The van der Waals surface area contributed by atoms with Gasteiger partial charge in [-0.3, -0.25) is 77.1 Å². The first-order chi connectivity index (χ1) is 50.3. The van der Waals surface area contributed by atoms with Crippen molar-refractivity contribution in [2.45, 2.75) is 230 Å². The first kappa shape index (κ1) is 90.4. The number of aliphatic imine (C=N–C) groups is 2. The Hall–Kier alpha value is -10.8. The van der Waals surface area contributed by atoms with Gasteiger partial charge in [-0.15, -0.1) is 0 Å². The Morgan fingerprint density at radius 2 is 1.01 bits per heavy atom. The Morgan fingerprint density at radius 1 is 0.542 bits per heavy atom. The number of para-hydroxylation sites is 1. The fourth-order valence-corrected chi connectivity index (χ4v) is 11.4. The topological polar surface area (TPSA) is 681 Å². The predicted molar refractivity (Wildman–Crippen MR) is 392 cm³/mol. The van der Waals surface area contributed by atoms with E-state index in [1.165, 1.54) is 39.5 Å². The molecule has 0 bridgehead atoms. The number of amides is 14. The lowest BCUT2D eigenvalue weighted by atomic mass is 9.97. The van der Waals surface area contributed by atoms with E-state index in [2.05, 4.69) is 73.5 Å². The van der Waals surface area contributed by atoms with Gasteiger partial charge in [-0.2, -0.15) is 0 Å². The molecule has 107 heavy (non-hydrogen) atoms. The van der Waals surface area contributed by atoms with Gasteiger partial charge in [0.15, 0.2) is 11.9 Å². The molecular formula is C67H111N23O17. The third kappa shape index (κ3) is 30.3. The summed E-state index contributed by atoms with van der Waals surface area (Å²) in [5.41, 5.74) is 45.8. The summed E-state index contributed by atoms with van der Waals surface area (Å²) in [7, 11) is 0. The zero-order valence-electron chi connectivity index (χ0n) is 61.8. The number of rotatable bonds is 47. The van der Waals surface area contributed by atoms with E-state index in [0.717, 1.165) is 6.92 Å². The highest BCUT2D eigenvalue weighted by molar-refractivity contribution is 6.01. The molecule has 1 aromatic heterocycles. The summed E-state index contributed by atoms with van der Waals surface area (Å²) in [6.07, 6.45) is -0.417. The van der Waals surface area contributed by atoms with Crippen LogP contribution in [0.3, 0.4) is 0 Å². The van der Waals surface area contributed by atoms with Crippen molar-refractivity contribution < 1.29 is 82.1 Å². The van der Waals surface area contributed by atoms with Crippen LogP contribution in [0.25, 0.3) is 10.9 Å². The number of hydrogen-bond acceptors (Lipinski definition) is 20. The minimum absolute atomic E-state index is 0.0212. The molecule has 1 aromatic carbocycles. The molecule has 2 aromatic rings. The number of carbonyl (C=O) groups is 15. The normalized spacial score (nSPS) is 16.5. The van der Waals surface area contributed by atoms with Crippen LogP contribution in [0.5, 0.6) is 0 Å². The van der Waals surface area contributed by atoms with E-state index in [1.54, 1.807) is 44.3 Å². The van der Waals surface area contributed by atoms with Gasteiger partial charge < -0.3 is 124 Å². The second-order valence-electron chi connectivity index (χ2n) is 26.9. The molecule has 1 aliphatic rings. The third-order valence-corrected chi connectivity index (χ3v) is 17.6. The second-order valence-corrected chi connectivity index (χ2v) is 26.9. The van der Waals surface area contributed by atoms with E-state index in [9.17, 15) is 82.1 Å². The lowest BCUT2D eigenvalue weighted by molar-refractivity contribution is -0.142. The Kier molecular flexibility index (Phi) is 38.0. The highest BCUT2D eigenvalue weighted by atomic mass is 16.4. The number of carbonyl (C=O) groups excluding carboxylic acids is 14. The van der Waals surface area contributed by atoms with Crippen LogP contribution >= 0.6 is 0 Å². The van der Waals surface area contributed by atoms with Crippen LogP contribution in [-0.4, -0.2) is 232 Å². The van der Waals surface area contributed by atoms with Gasteiger partial charge in [0.25, 0.3) is 0 Å². The summed E-state index contributed by atoms with van der Waals surface area (Å²) in [6, 6.07) is -11.8. The van der Waals surface area contributed by atoms with Gasteiger partial charge in [-0.1, -0.05) is 52.3 Å². The van der Waals surface area contributed by atoms with E-state index in [-0.39, 0.29) is 109 Å². The molecule has 40 heteroatoms. The van der Waals surface area contributed by atoms with Gasteiger partial charge in [-0.05, 0) is 122 Å². The number of nitrogens with zero attached hydrogens (tertiary/aromatic N) is 3. The molecule has 2 unspecified atom stereocenters. The number of benzene rings is 1. The van der Waals surface area contributed by atoms with Crippen molar-refractivity contribution in [3.63, 3.8) is 0 Å². The molecule has 30 N–H and O–H groups in total. The molecule has 14 amide bonds. The van der Waals surface area contributed by atoms with Crippen LogP contribution in [0.4, 0.5) is 0 Å². The molecule has 15 atom stereocenters. The van der Waals surface area contributed by atoms with Crippen LogP contribution in [0, 0.1) is 11.8 Å². The molecule has 0 aliphatic carbocycles. The standard InChI is InChI=1S/C67H111N23O17/c1-9-33(4)51(62(103)80-35(6)53(94)84-44(65(106)107)23-24-48(70)92)88-63(104)52(37(8)91)89-54(95)36(7)79-58(99)45(29-38-31-78-40-18-11-10-17-39(38)40)85-57(98)43(21-15-27-77-67(74)75)83-61(102)50(32(2)3)87-59(100)46(30-49(71)93)86-56(97)41(19-12-13-25-68)81-55(96)42(20-14-26-76-66(72)73)82-60(101)47-22-16-28-90(47)64(105)34(5)69/h10-11,17-18,31-37,41-47,50-52,78,91H,9,12-16,19-30,68-69H2,1-8H3,(H2,70,92)(H2,71,93)(H,79,99)(H,80,103)(H,81,96)(H,82,101)(H,83,102)(H,84,94)(H,85,98)(H,86,97)(H,87,100)(H,88,104)(H,89,95)(H,106,107)(H4,72,73,76)(H4,74,75,77)/t33-,34-,35?,36?,37+,41-,42-,43-,44-,45-,46-,47-,50-,51-,52-/m0/s1. The monoisotopic (exact) mass is 1510 g/mol. The third-order valence-electron chi connectivity index (χ3n) is 17.6. The van der Waals surface area contributed by atoms with Crippen LogP contribution in [0.1, 0.15) is 144 Å². The lowest BCUT2D eigenvalue weighted by Gasteiger charge is -2.30. The summed E-state index contributed by atoms with van der Waals surface area (Å²) < 4.78 is 0. The highest BCUT2D eigenvalue weighted by Crippen LogP contribution is 2.22. The smallest absolute Gasteiger partial charge is 0.326 e. The molecule has 3 rings (SSSR count). The number of unbranched alkanes of at least 4 members (excludes halogenated alkanes) is 1. The van der Waals surface area contributed by atoms with Gasteiger partial charge in [0.1, 0.15) is 72.5 Å². The number of fused-ring (bicyclic) bond motifs is 1. The summed E-state index contributed by atoms with van der Waals surface area (Å²) >= 11 is 0. The molecule has 0 saturated carbocycles. The first-order valence-electron chi connectivity index (χ1n) is 35.6. The van der Waals surface area contributed by atoms with Gasteiger partial charge in [0, 0.05) is 49.6 Å². The number of aromatic nitrogens is 1. The molecule has 1 fully saturated rings. The number of guanidine groups is 2. The summed E-state index contributed by atoms with van der Waals surface area (Å²) in [5.74, 6) is -16.4. The molecule has 0 spiro atoms. The molecule has 1 saturated heterocycles. The highest BCUT2D eigenvalue weighted by Gasteiger charge is 2.40. The van der Waals surface area contributed by atoms with E-state index in [1.807, 2.05) is 0 Å². The Bertz CT molecular complexity index is 3490. The molecule has 1 aliphatic heterocycles. The fourth-order valence-electron chi connectivity index (χ4n) is 11.4. The summed E-state index contributed by atoms with van der Waals surface area (Å²) in [5, 5.41) is 48.8. The number of nitrogens with two attached hydrogens (primary N) is 8. The second kappa shape index (κ2) is 44.9. The minimum Gasteiger partial charge on any atom is -0.480 e. The Labute approximate surface area is 619 Å². The molecule has 40 nitrogen and oxygen atoms in total. The predicted octanol–water partition coefficient (Wildman–Crippen LogP) is -7.03. The summed E-state index contributed by atoms with van der Waals surface area (Å²) in [6.45, 7) is 11.8. The number of aromatic amines is 1. The van der Waals surface area contributed by atoms with Crippen molar-refractivity contribution in [1.29, 1.82) is 0 Å². The zero-order chi connectivity index (χ0) is 80.5. The van der Waals surface area contributed by atoms with E-state index >= 15 is 0 Å². The first-order valence-corrected chi connectivity index (χ1v) is 35.6. The molecule has 596 valence electrons. The number of hydrogen-bond donors (Lipinski definition) is 22. The molecule has 2 heterocycles. The zero-order valence-corrected chi connectivity index (χ0v) is 61.8. The number of carboxylic acids is 1. The van der Waals surface area contributed by atoms with E-state index in [4.69, 9.17) is 45.9 Å².